The van der Waals surface area contributed by atoms with Crippen LogP contribution in [0.4, 0.5) is 14.5 Å². The third-order valence-corrected chi connectivity index (χ3v) is 5.83. The minimum atomic E-state index is -2.75. The number of carbonyl (C=O) groups is 1. The van der Waals surface area contributed by atoms with E-state index in [0.29, 0.717) is 38.9 Å². The number of fused-ring (bicyclic) bond motifs is 1. The normalized spacial score (nSPS) is 14.8. The van der Waals surface area contributed by atoms with Crippen molar-refractivity contribution in [3.05, 3.63) is 53.2 Å². The Balaban J connectivity index is 1.56. The van der Waals surface area contributed by atoms with E-state index in [-0.39, 0.29) is 23.6 Å². The lowest BCUT2D eigenvalue weighted by Crippen LogP contribution is -2.34. The maximum Gasteiger partial charge on any atom is 0.267 e. The van der Waals surface area contributed by atoms with Crippen LogP contribution in [-0.2, 0) is 0 Å². The van der Waals surface area contributed by atoms with Crippen LogP contribution in [0.3, 0.4) is 0 Å². The zero-order valence-electron chi connectivity index (χ0n) is 17.4. The summed E-state index contributed by atoms with van der Waals surface area (Å²) in [6.07, 6.45) is 1.32. The number of nitrogens with two attached hydrogens (primary N) is 1. The van der Waals surface area contributed by atoms with Crippen molar-refractivity contribution in [1.29, 1.82) is 0 Å². The number of hydrogen-bond donors (Lipinski definition) is 2. The number of hydrogen-bond acceptors (Lipinski definition) is 5. The van der Waals surface area contributed by atoms with Crippen LogP contribution in [0.2, 0.25) is 5.02 Å². The molecule has 1 aliphatic heterocycles. The molecule has 0 radical (unpaired) electrons. The van der Waals surface area contributed by atoms with Crippen molar-refractivity contribution < 1.29 is 23.0 Å². The van der Waals surface area contributed by atoms with Crippen LogP contribution in [0.5, 0.6) is 17.2 Å². The molecule has 7 nitrogen and oxygen atoms in total. The van der Waals surface area contributed by atoms with Crippen molar-refractivity contribution >= 4 is 51.4 Å². The number of benzene rings is 2. The number of likely N-dealkylation sites (tertiary alicyclic amines) is 1. The van der Waals surface area contributed by atoms with Gasteiger partial charge in [0.15, 0.2) is 5.11 Å². The molecule has 0 aliphatic carbocycles. The van der Waals surface area contributed by atoms with Gasteiger partial charge in [-0.1, -0.05) is 11.6 Å². The molecule has 4 rings (SSSR count). The number of amides is 1. The molecule has 3 aromatic rings. The fourth-order valence-electron chi connectivity index (χ4n) is 3.49. The molecule has 2 aromatic carbocycles. The molecule has 1 aliphatic rings. The molecule has 1 aromatic heterocycles. The molecule has 2 heterocycles. The zero-order valence-corrected chi connectivity index (χ0v) is 19.0. The maximum atomic E-state index is 13.4. The van der Waals surface area contributed by atoms with E-state index in [1.54, 1.807) is 42.6 Å². The molecule has 0 unspecified atom stereocenters. The van der Waals surface area contributed by atoms with Gasteiger partial charge in [0.25, 0.3) is 11.8 Å². The first kappa shape index (κ1) is 22.9. The van der Waals surface area contributed by atoms with E-state index in [1.807, 2.05) is 0 Å². The Morgan fingerprint density at radius 3 is 2.70 bits per heavy atom. The van der Waals surface area contributed by atoms with Crippen LogP contribution in [0.25, 0.3) is 10.9 Å². The Bertz CT molecular complexity index is 1260. The Morgan fingerprint density at radius 1 is 1.27 bits per heavy atom. The zero-order chi connectivity index (χ0) is 23.8. The average Bonchev–Trinajstić information content (AvgIpc) is 3.14. The summed E-state index contributed by atoms with van der Waals surface area (Å²) in [5.74, 6) is -2.25. The third kappa shape index (κ3) is 4.91. The fourth-order valence-corrected chi connectivity index (χ4v) is 3.97. The quantitative estimate of drug-likeness (QED) is 0.493. The van der Waals surface area contributed by atoms with Crippen molar-refractivity contribution in [3.63, 3.8) is 0 Å². The molecule has 0 bridgehead atoms. The van der Waals surface area contributed by atoms with E-state index < -0.39 is 18.4 Å². The Labute approximate surface area is 198 Å². The highest BCUT2D eigenvalue weighted by molar-refractivity contribution is 7.80. The van der Waals surface area contributed by atoms with E-state index in [2.05, 4.69) is 10.3 Å². The number of nitrogens with zero attached hydrogens (tertiary/aromatic N) is 2. The summed E-state index contributed by atoms with van der Waals surface area (Å²) in [5, 5.41) is 3.93. The average molecular weight is 493 g/mol. The first-order chi connectivity index (χ1) is 15.7. The lowest BCUT2D eigenvalue weighted by molar-refractivity contribution is 0.0177. The van der Waals surface area contributed by atoms with Crippen LogP contribution in [0, 0.1) is 0 Å². The van der Waals surface area contributed by atoms with Gasteiger partial charge in [-0.3, -0.25) is 9.78 Å². The first-order valence-electron chi connectivity index (χ1n) is 9.84. The van der Waals surface area contributed by atoms with Crippen molar-refractivity contribution in [2.75, 3.05) is 25.5 Å². The molecule has 0 spiro atoms. The van der Waals surface area contributed by atoms with Gasteiger partial charge in [-0.15, -0.1) is 0 Å². The molecule has 0 atom stereocenters. The summed E-state index contributed by atoms with van der Waals surface area (Å²) in [7, 11) is 1.44. The van der Waals surface area contributed by atoms with Crippen LogP contribution >= 0.6 is 23.8 Å². The SMILES string of the molecule is COc1cc2nccc(Oc3ccc(NC(=S)N4CCC(F)(F)C4)c(Cl)c3)c2cc1C(N)=O. The van der Waals surface area contributed by atoms with E-state index in [9.17, 15) is 13.6 Å². The summed E-state index contributed by atoms with van der Waals surface area (Å²) in [5.41, 5.74) is 6.67. The number of aromatic nitrogens is 1. The molecule has 1 fully saturated rings. The molecule has 33 heavy (non-hydrogen) atoms. The van der Waals surface area contributed by atoms with E-state index in [1.165, 1.54) is 12.0 Å². The fraction of sp³-hybridized carbons (Fsp3) is 0.227. The summed E-state index contributed by atoms with van der Waals surface area (Å²) in [6.45, 7) is -0.254. The number of halogens is 3. The minimum Gasteiger partial charge on any atom is -0.496 e. The lowest BCUT2D eigenvalue weighted by atomic mass is 10.1. The molecule has 1 amide bonds. The second-order valence-electron chi connectivity index (χ2n) is 7.44. The number of primary amides is 1. The van der Waals surface area contributed by atoms with Gasteiger partial charge >= 0.3 is 0 Å². The smallest absolute Gasteiger partial charge is 0.267 e. The number of methoxy groups -OCH3 is 1. The summed E-state index contributed by atoms with van der Waals surface area (Å²) in [4.78, 5) is 17.5. The van der Waals surface area contributed by atoms with Crippen molar-refractivity contribution in [2.45, 2.75) is 12.3 Å². The van der Waals surface area contributed by atoms with E-state index >= 15 is 0 Å². The molecule has 172 valence electrons. The Kier molecular flexibility index (Phi) is 6.22. The number of alkyl halides is 2. The number of rotatable bonds is 5. The topological polar surface area (TPSA) is 89.7 Å². The highest BCUT2D eigenvalue weighted by atomic mass is 35.5. The van der Waals surface area contributed by atoms with Crippen LogP contribution in [-0.4, -0.2) is 47.0 Å². The molecular formula is C22H19ClF2N4O3S. The summed E-state index contributed by atoms with van der Waals surface area (Å²) < 4.78 is 38.1. The molecule has 1 saturated heterocycles. The highest BCUT2D eigenvalue weighted by Gasteiger charge is 2.39. The minimum absolute atomic E-state index is 0.171. The monoisotopic (exact) mass is 492 g/mol. The highest BCUT2D eigenvalue weighted by Crippen LogP contribution is 2.35. The van der Waals surface area contributed by atoms with Gasteiger partial charge in [0.1, 0.15) is 17.2 Å². The van der Waals surface area contributed by atoms with Crippen LogP contribution in [0.1, 0.15) is 16.8 Å². The third-order valence-electron chi connectivity index (χ3n) is 5.16. The standard InChI is InChI=1S/C22H19ClF2N4O3S/c1-31-19-10-17-13(9-14(19)20(26)30)18(4-6-27-17)32-12-2-3-16(15(23)8-12)28-21(33)29-7-5-22(24,25)11-29/h2-4,6,8-10H,5,7,11H2,1H3,(H2,26,30)(H,28,33). The van der Waals surface area contributed by atoms with E-state index in [0.717, 1.165) is 0 Å². The molecule has 11 heteroatoms. The number of thiocarbonyl (C=S) groups is 1. The largest absolute Gasteiger partial charge is 0.496 e. The number of carbonyl (C=O) groups excluding carboxylic acids is 1. The van der Waals surface area contributed by atoms with E-state index in [4.69, 9.17) is 39.0 Å². The van der Waals surface area contributed by atoms with Gasteiger partial charge in [0.05, 0.1) is 35.4 Å². The number of nitrogens with one attached hydrogen (secondary N) is 1. The lowest BCUT2D eigenvalue weighted by Gasteiger charge is -2.21. The Hall–Kier alpha value is -3.24. The number of anilines is 1. The molecule has 0 saturated carbocycles. The second-order valence-corrected chi connectivity index (χ2v) is 8.24. The van der Waals surface area contributed by atoms with Crippen molar-refractivity contribution in [3.8, 4) is 17.2 Å². The van der Waals surface area contributed by atoms with Gasteiger partial charge in [0.2, 0.25) is 0 Å². The summed E-state index contributed by atoms with van der Waals surface area (Å²) >= 11 is 11.6. The van der Waals surface area contributed by atoms with Crippen LogP contribution in [0.15, 0.2) is 42.6 Å². The number of pyridine rings is 1. The van der Waals surface area contributed by atoms with Crippen molar-refractivity contribution in [1.82, 2.24) is 9.88 Å². The second kappa shape index (κ2) is 8.95. The molecule has 3 N–H and O–H groups in total. The summed E-state index contributed by atoms with van der Waals surface area (Å²) in [6, 6.07) is 9.66. The Morgan fingerprint density at radius 2 is 2.06 bits per heavy atom. The van der Waals surface area contributed by atoms with Gasteiger partial charge in [-0.05, 0) is 36.5 Å². The number of ether oxygens (including phenoxy) is 2. The van der Waals surface area contributed by atoms with Gasteiger partial charge in [-0.25, -0.2) is 8.78 Å². The van der Waals surface area contributed by atoms with Crippen molar-refractivity contribution in [2.24, 2.45) is 5.73 Å². The predicted molar refractivity (Wildman–Crippen MR) is 126 cm³/mol. The maximum absolute atomic E-state index is 13.4. The van der Waals surface area contributed by atoms with Gasteiger partial charge in [0, 0.05) is 36.7 Å². The van der Waals surface area contributed by atoms with Gasteiger partial charge < -0.3 is 25.4 Å². The predicted octanol–water partition coefficient (Wildman–Crippen LogP) is 4.83. The van der Waals surface area contributed by atoms with Gasteiger partial charge in [-0.2, -0.15) is 0 Å². The van der Waals surface area contributed by atoms with Crippen LogP contribution < -0.4 is 20.5 Å². The molecular weight excluding hydrogens is 474 g/mol. The first-order valence-corrected chi connectivity index (χ1v) is 10.6.